The minimum absolute atomic E-state index is 0.217. The van der Waals surface area contributed by atoms with Crippen LogP contribution in [0.25, 0.3) is 0 Å². The van der Waals surface area contributed by atoms with Gasteiger partial charge in [-0.25, -0.2) is 0 Å². The van der Waals surface area contributed by atoms with Crippen LogP contribution >= 0.6 is 0 Å². The van der Waals surface area contributed by atoms with Crippen LogP contribution in [0.4, 0.5) is 0 Å². The number of hydrogen-bond donors (Lipinski definition) is 1. The number of likely N-dealkylation sites (N-methyl/N-ethyl adjacent to an activating group) is 1. The van der Waals surface area contributed by atoms with Gasteiger partial charge in [0.05, 0.1) is 6.54 Å². The topological polar surface area (TPSA) is 35.6 Å². The monoisotopic (exact) mass is 281 g/mol. The van der Waals surface area contributed by atoms with Gasteiger partial charge in [0.15, 0.2) is 0 Å². The molecular formula is C16H31N3O. The van der Waals surface area contributed by atoms with E-state index in [2.05, 4.69) is 17.1 Å². The van der Waals surface area contributed by atoms with Gasteiger partial charge in [0, 0.05) is 39.8 Å². The van der Waals surface area contributed by atoms with Crippen LogP contribution in [-0.4, -0.2) is 62.0 Å². The van der Waals surface area contributed by atoms with Crippen molar-refractivity contribution in [3.8, 4) is 0 Å². The summed E-state index contributed by atoms with van der Waals surface area (Å²) in [5.41, 5.74) is 0.540. The highest BCUT2D eigenvalue weighted by atomic mass is 16.2. The molecule has 2 fully saturated rings. The number of amides is 1. The van der Waals surface area contributed by atoms with E-state index in [0.29, 0.717) is 18.0 Å². The van der Waals surface area contributed by atoms with Gasteiger partial charge in [0.1, 0.15) is 0 Å². The molecule has 1 aliphatic heterocycles. The number of piperidine rings is 1. The maximum absolute atomic E-state index is 11.7. The zero-order chi connectivity index (χ0) is 14.6. The van der Waals surface area contributed by atoms with Crippen LogP contribution in [0.1, 0.15) is 45.4 Å². The maximum Gasteiger partial charge on any atom is 0.236 e. The molecule has 4 heteroatoms. The van der Waals surface area contributed by atoms with Crippen molar-refractivity contribution in [3.63, 3.8) is 0 Å². The Hall–Kier alpha value is -0.610. The normalized spacial score (nSPS) is 23.9. The first-order valence-corrected chi connectivity index (χ1v) is 8.14. The van der Waals surface area contributed by atoms with Gasteiger partial charge in [-0.15, -0.1) is 0 Å². The Kier molecular flexibility index (Phi) is 5.44. The zero-order valence-corrected chi connectivity index (χ0v) is 13.5. The van der Waals surface area contributed by atoms with Crippen LogP contribution in [0.3, 0.4) is 0 Å². The molecule has 0 aromatic carbocycles. The average molecular weight is 281 g/mol. The Morgan fingerprint density at radius 2 is 1.85 bits per heavy atom. The summed E-state index contributed by atoms with van der Waals surface area (Å²) in [4.78, 5) is 15.7. The largest absolute Gasteiger partial charge is 0.348 e. The van der Waals surface area contributed by atoms with E-state index in [1.165, 1.54) is 45.1 Å². The molecule has 4 nitrogen and oxygen atoms in total. The summed E-state index contributed by atoms with van der Waals surface area (Å²) in [5.74, 6) is 0.217. The third kappa shape index (κ3) is 4.45. The minimum Gasteiger partial charge on any atom is -0.348 e. The minimum atomic E-state index is 0.217. The number of likely N-dealkylation sites (tertiary alicyclic amines) is 1. The summed E-state index contributed by atoms with van der Waals surface area (Å²) in [6.45, 7) is 6.28. The Morgan fingerprint density at radius 3 is 2.40 bits per heavy atom. The predicted octanol–water partition coefficient (Wildman–Crippen LogP) is 1.71. The quantitative estimate of drug-likeness (QED) is 0.833. The summed E-state index contributed by atoms with van der Waals surface area (Å²) < 4.78 is 0. The van der Waals surface area contributed by atoms with E-state index in [1.54, 1.807) is 4.90 Å². The van der Waals surface area contributed by atoms with Crippen molar-refractivity contribution in [2.24, 2.45) is 5.41 Å². The van der Waals surface area contributed by atoms with Gasteiger partial charge < -0.3 is 10.2 Å². The highest BCUT2D eigenvalue weighted by Gasteiger charge is 2.29. The number of nitrogens with zero attached hydrogens (tertiary/aromatic N) is 2. The fourth-order valence-electron chi connectivity index (χ4n) is 3.42. The Bertz CT molecular complexity index is 316. The van der Waals surface area contributed by atoms with Crippen LogP contribution < -0.4 is 5.32 Å². The first-order valence-electron chi connectivity index (χ1n) is 8.14. The smallest absolute Gasteiger partial charge is 0.236 e. The first kappa shape index (κ1) is 15.8. The molecule has 0 bridgehead atoms. The van der Waals surface area contributed by atoms with E-state index < -0.39 is 0 Å². The van der Waals surface area contributed by atoms with Gasteiger partial charge >= 0.3 is 0 Å². The number of nitrogens with one attached hydrogen (secondary N) is 1. The molecule has 1 saturated carbocycles. The lowest BCUT2D eigenvalue weighted by Crippen LogP contribution is -2.47. The Balaban J connectivity index is 1.65. The molecule has 2 rings (SSSR count). The molecule has 2 aliphatic rings. The van der Waals surface area contributed by atoms with Gasteiger partial charge in [-0.2, -0.15) is 0 Å². The fraction of sp³-hybridized carbons (Fsp3) is 0.938. The van der Waals surface area contributed by atoms with Crippen molar-refractivity contribution >= 4 is 5.91 Å². The molecule has 0 atom stereocenters. The SMILES string of the molecule is CN(C)C(=O)CN1CCC(NCC2(C)CCCC2)CC1. The van der Waals surface area contributed by atoms with E-state index in [9.17, 15) is 4.79 Å². The molecule has 1 aliphatic carbocycles. The lowest BCUT2D eigenvalue weighted by molar-refractivity contribution is -0.130. The Morgan fingerprint density at radius 1 is 1.25 bits per heavy atom. The van der Waals surface area contributed by atoms with Crippen molar-refractivity contribution < 1.29 is 4.79 Å². The van der Waals surface area contributed by atoms with Crippen LogP contribution in [0.5, 0.6) is 0 Å². The molecular weight excluding hydrogens is 250 g/mol. The van der Waals surface area contributed by atoms with Gasteiger partial charge in [-0.1, -0.05) is 19.8 Å². The highest BCUT2D eigenvalue weighted by molar-refractivity contribution is 5.77. The molecule has 0 unspecified atom stereocenters. The third-order valence-electron chi connectivity index (χ3n) is 5.07. The maximum atomic E-state index is 11.7. The van der Waals surface area contributed by atoms with Crippen LogP contribution in [0.2, 0.25) is 0 Å². The fourth-order valence-corrected chi connectivity index (χ4v) is 3.42. The number of carbonyl (C=O) groups excluding carboxylic acids is 1. The molecule has 0 radical (unpaired) electrons. The van der Waals surface area contributed by atoms with E-state index in [-0.39, 0.29) is 5.91 Å². The molecule has 116 valence electrons. The number of rotatable bonds is 5. The summed E-state index contributed by atoms with van der Waals surface area (Å²) in [6.07, 6.45) is 7.94. The van der Waals surface area contributed by atoms with E-state index >= 15 is 0 Å². The van der Waals surface area contributed by atoms with Crippen molar-refractivity contribution in [2.75, 3.05) is 40.3 Å². The standard InChI is InChI=1S/C16H31N3O/c1-16(8-4-5-9-16)13-17-14-6-10-19(11-7-14)12-15(20)18(2)3/h14,17H,4-13H2,1-3H3. The number of hydrogen-bond acceptors (Lipinski definition) is 3. The van der Waals surface area contributed by atoms with Crippen LogP contribution in [0.15, 0.2) is 0 Å². The average Bonchev–Trinajstić information content (AvgIpc) is 2.85. The van der Waals surface area contributed by atoms with Gasteiger partial charge in [0.25, 0.3) is 0 Å². The lowest BCUT2D eigenvalue weighted by Gasteiger charge is -2.34. The molecule has 0 spiro atoms. The molecule has 0 aromatic rings. The second kappa shape index (κ2) is 6.90. The molecule has 1 saturated heterocycles. The van der Waals surface area contributed by atoms with Crippen LogP contribution in [-0.2, 0) is 4.79 Å². The summed E-state index contributed by atoms with van der Waals surface area (Å²) in [7, 11) is 3.66. The molecule has 0 aromatic heterocycles. The van der Waals surface area contributed by atoms with Crippen molar-refractivity contribution in [3.05, 3.63) is 0 Å². The second-order valence-electron chi connectivity index (χ2n) is 7.24. The molecule has 20 heavy (non-hydrogen) atoms. The van der Waals surface area contributed by atoms with Crippen LogP contribution in [0, 0.1) is 5.41 Å². The summed E-state index contributed by atoms with van der Waals surface area (Å²) in [6, 6.07) is 0.651. The van der Waals surface area contributed by atoms with E-state index in [0.717, 1.165) is 13.1 Å². The second-order valence-corrected chi connectivity index (χ2v) is 7.24. The van der Waals surface area contributed by atoms with Crippen molar-refractivity contribution in [2.45, 2.75) is 51.5 Å². The molecule has 1 N–H and O–H groups in total. The molecule has 1 heterocycles. The van der Waals surface area contributed by atoms with Crippen molar-refractivity contribution in [1.29, 1.82) is 0 Å². The molecule has 1 amide bonds. The predicted molar refractivity (Wildman–Crippen MR) is 82.7 cm³/mol. The van der Waals surface area contributed by atoms with Gasteiger partial charge in [-0.05, 0) is 31.1 Å². The first-order chi connectivity index (χ1) is 9.48. The Labute approximate surface area is 123 Å². The van der Waals surface area contributed by atoms with Gasteiger partial charge in [-0.3, -0.25) is 9.69 Å². The lowest BCUT2D eigenvalue weighted by atomic mass is 9.88. The summed E-state index contributed by atoms with van der Waals surface area (Å²) >= 11 is 0. The van der Waals surface area contributed by atoms with E-state index in [4.69, 9.17) is 0 Å². The number of carbonyl (C=O) groups is 1. The van der Waals surface area contributed by atoms with Crippen molar-refractivity contribution in [1.82, 2.24) is 15.1 Å². The highest BCUT2D eigenvalue weighted by Crippen LogP contribution is 2.36. The van der Waals surface area contributed by atoms with E-state index in [1.807, 2.05) is 14.1 Å². The zero-order valence-electron chi connectivity index (χ0n) is 13.5. The summed E-state index contributed by atoms with van der Waals surface area (Å²) in [5, 5.41) is 3.78. The third-order valence-corrected chi connectivity index (χ3v) is 5.07. The van der Waals surface area contributed by atoms with Gasteiger partial charge in [0.2, 0.25) is 5.91 Å².